The number of nitriles is 1. The van der Waals surface area contributed by atoms with Crippen molar-refractivity contribution in [1.29, 1.82) is 5.26 Å². The Labute approximate surface area is 215 Å². The second kappa shape index (κ2) is 11.3. The van der Waals surface area contributed by atoms with E-state index in [0.29, 0.717) is 16.5 Å². The fourth-order valence-electron chi connectivity index (χ4n) is 3.76. The molecule has 0 aliphatic heterocycles. The van der Waals surface area contributed by atoms with Crippen LogP contribution >= 0.6 is 11.6 Å². The molecule has 0 fully saturated rings. The average molecular weight is 494 g/mol. The van der Waals surface area contributed by atoms with Gasteiger partial charge in [-0.25, -0.2) is 0 Å². The highest BCUT2D eigenvalue weighted by Gasteiger charge is 2.15. The first-order valence-corrected chi connectivity index (χ1v) is 11.7. The molecular formula is C30H24ClN3O2. The van der Waals surface area contributed by atoms with E-state index in [1.54, 1.807) is 18.2 Å². The van der Waals surface area contributed by atoms with E-state index < -0.39 is 5.91 Å². The Bertz CT molecular complexity index is 1390. The highest BCUT2D eigenvalue weighted by atomic mass is 35.5. The van der Waals surface area contributed by atoms with E-state index in [-0.39, 0.29) is 5.57 Å². The summed E-state index contributed by atoms with van der Waals surface area (Å²) in [6.45, 7) is 1.83. The minimum absolute atomic E-state index is 0.0274. The molecule has 0 aliphatic carbocycles. The maximum atomic E-state index is 12.9. The standard InChI is InChI=1S/C30H24ClN3O2/c1-21-17-28(29(36-2)19-27(21)31)33-30(35)23(20-32)18-22-13-15-26(16-14-22)34(24-9-5-3-6-10-24)25-11-7-4-8-12-25/h3-19H,1-2H3,(H,33,35). The van der Waals surface area contributed by atoms with Crippen LogP contribution in [-0.2, 0) is 4.79 Å². The molecule has 0 saturated heterocycles. The van der Waals surface area contributed by atoms with Crippen molar-refractivity contribution in [3.63, 3.8) is 0 Å². The monoisotopic (exact) mass is 493 g/mol. The molecule has 4 rings (SSSR count). The summed E-state index contributed by atoms with van der Waals surface area (Å²) in [5.74, 6) is -0.112. The Morgan fingerprint density at radius 1 is 0.917 bits per heavy atom. The number of halogens is 1. The number of methoxy groups -OCH3 is 1. The molecule has 36 heavy (non-hydrogen) atoms. The van der Waals surface area contributed by atoms with Crippen molar-refractivity contribution in [2.75, 3.05) is 17.3 Å². The summed E-state index contributed by atoms with van der Waals surface area (Å²) < 4.78 is 5.32. The lowest BCUT2D eigenvalue weighted by Gasteiger charge is -2.25. The third kappa shape index (κ3) is 5.57. The molecule has 178 valence electrons. The predicted octanol–water partition coefficient (Wildman–Crippen LogP) is 7.67. The molecule has 0 heterocycles. The number of amides is 1. The van der Waals surface area contributed by atoms with Gasteiger partial charge in [-0.1, -0.05) is 60.1 Å². The number of ether oxygens (including phenoxy) is 1. The molecule has 6 heteroatoms. The zero-order valence-electron chi connectivity index (χ0n) is 19.9. The van der Waals surface area contributed by atoms with E-state index in [1.807, 2.05) is 97.9 Å². The highest BCUT2D eigenvalue weighted by Crippen LogP contribution is 2.34. The van der Waals surface area contributed by atoms with Gasteiger partial charge in [-0.3, -0.25) is 4.79 Å². The minimum Gasteiger partial charge on any atom is -0.495 e. The van der Waals surface area contributed by atoms with Crippen LogP contribution in [0.1, 0.15) is 11.1 Å². The second-order valence-electron chi connectivity index (χ2n) is 8.02. The summed E-state index contributed by atoms with van der Waals surface area (Å²) in [7, 11) is 1.49. The number of benzene rings is 4. The SMILES string of the molecule is COc1cc(Cl)c(C)cc1NC(=O)C(C#N)=Cc1ccc(N(c2ccccc2)c2ccccc2)cc1. The van der Waals surface area contributed by atoms with E-state index in [4.69, 9.17) is 16.3 Å². The van der Waals surface area contributed by atoms with E-state index in [0.717, 1.165) is 28.2 Å². The zero-order valence-corrected chi connectivity index (χ0v) is 20.7. The van der Waals surface area contributed by atoms with Gasteiger partial charge in [0.25, 0.3) is 5.91 Å². The smallest absolute Gasteiger partial charge is 0.266 e. The number of nitrogens with one attached hydrogen (secondary N) is 1. The van der Waals surface area contributed by atoms with Crippen LogP contribution in [0.5, 0.6) is 5.75 Å². The molecule has 0 bridgehead atoms. The summed E-state index contributed by atoms with van der Waals surface area (Å²) in [6.07, 6.45) is 1.56. The summed E-state index contributed by atoms with van der Waals surface area (Å²) in [6, 6.07) is 33.2. The van der Waals surface area contributed by atoms with Gasteiger partial charge >= 0.3 is 0 Å². The Balaban J connectivity index is 1.61. The molecule has 4 aromatic rings. The van der Waals surface area contributed by atoms with E-state index in [1.165, 1.54) is 7.11 Å². The van der Waals surface area contributed by atoms with Crippen LogP contribution in [0.3, 0.4) is 0 Å². The van der Waals surface area contributed by atoms with Crippen LogP contribution in [0.15, 0.2) is 103 Å². The van der Waals surface area contributed by atoms with Crippen LogP contribution in [0, 0.1) is 18.3 Å². The summed E-state index contributed by atoms with van der Waals surface area (Å²) in [5.41, 5.74) is 4.93. The predicted molar refractivity (Wildman–Crippen MR) is 146 cm³/mol. The van der Waals surface area contributed by atoms with Crippen molar-refractivity contribution in [2.45, 2.75) is 6.92 Å². The van der Waals surface area contributed by atoms with Crippen LogP contribution in [-0.4, -0.2) is 13.0 Å². The van der Waals surface area contributed by atoms with Crippen molar-refractivity contribution < 1.29 is 9.53 Å². The van der Waals surface area contributed by atoms with Crippen molar-refractivity contribution in [2.24, 2.45) is 0 Å². The van der Waals surface area contributed by atoms with Gasteiger partial charge in [-0.2, -0.15) is 5.26 Å². The van der Waals surface area contributed by atoms with Crippen molar-refractivity contribution >= 4 is 46.3 Å². The molecule has 0 atom stereocenters. The van der Waals surface area contributed by atoms with E-state index >= 15 is 0 Å². The Morgan fingerprint density at radius 2 is 1.47 bits per heavy atom. The maximum absolute atomic E-state index is 12.9. The number of carbonyl (C=O) groups excluding carboxylic acids is 1. The molecule has 0 saturated carbocycles. The Morgan fingerprint density at radius 3 is 2.00 bits per heavy atom. The zero-order chi connectivity index (χ0) is 25.5. The first kappa shape index (κ1) is 24.6. The molecule has 4 aromatic carbocycles. The number of aryl methyl sites for hydroxylation is 1. The Kier molecular flexibility index (Phi) is 7.69. The van der Waals surface area contributed by atoms with Gasteiger partial charge in [0.1, 0.15) is 17.4 Å². The Hall–Kier alpha value is -4.53. The number of anilines is 4. The summed E-state index contributed by atoms with van der Waals surface area (Å²) in [4.78, 5) is 15.0. The first-order chi connectivity index (χ1) is 17.5. The molecule has 0 radical (unpaired) electrons. The lowest BCUT2D eigenvalue weighted by atomic mass is 10.1. The number of rotatable bonds is 7. The number of hydrogen-bond donors (Lipinski definition) is 1. The fraction of sp³-hybridized carbons (Fsp3) is 0.0667. The molecule has 0 spiro atoms. The molecule has 5 nitrogen and oxygen atoms in total. The van der Waals surface area contributed by atoms with Gasteiger partial charge in [0, 0.05) is 28.2 Å². The normalized spacial score (nSPS) is 10.9. The van der Waals surface area contributed by atoms with Gasteiger partial charge in [-0.05, 0) is 66.6 Å². The number of nitrogens with zero attached hydrogens (tertiary/aromatic N) is 2. The van der Waals surface area contributed by atoms with Crippen molar-refractivity contribution in [3.8, 4) is 11.8 Å². The number of para-hydroxylation sites is 2. The lowest BCUT2D eigenvalue weighted by molar-refractivity contribution is -0.112. The highest BCUT2D eigenvalue weighted by molar-refractivity contribution is 6.31. The molecule has 0 aromatic heterocycles. The molecule has 0 unspecified atom stereocenters. The second-order valence-corrected chi connectivity index (χ2v) is 8.43. The molecule has 1 N–H and O–H groups in total. The average Bonchev–Trinajstić information content (AvgIpc) is 2.91. The van der Waals surface area contributed by atoms with Crippen LogP contribution in [0.2, 0.25) is 5.02 Å². The third-order valence-electron chi connectivity index (χ3n) is 5.59. The first-order valence-electron chi connectivity index (χ1n) is 11.3. The topological polar surface area (TPSA) is 65.4 Å². The largest absolute Gasteiger partial charge is 0.495 e. The lowest BCUT2D eigenvalue weighted by Crippen LogP contribution is -2.14. The van der Waals surface area contributed by atoms with E-state index in [2.05, 4.69) is 10.2 Å². The molecular weight excluding hydrogens is 470 g/mol. The third-order valence-corrected chi connectivity index (χ3v) is 5.99. The van der Waals surface area contributed by atoms with Gasteiger partial charge < -0.3 is 15.0 Å². The van der Waals surface area contributed by atoms with Gasteiger partial charge in [0.2, 0.25) is 0 Å². The van der Waals surface area contributed by atoms with Crippen molar-refractivity contribution in [3.05, 3.63) is 119 Å². The van der Waals surface area contributed by atoms with E-state index in [9.17, 15) is 10.1 Å². The van der Waals surface area contributed by atoms with Crippen LogP contribution < -0.4 is 15.0 Å². The minimum atomic E-state index is -0.531. The van der Waals surface area contributed by atoms with Crippen LogP contribution in [0.4, 0.5) is 22.7 Å². The summed E-state index contributed by atoms with van der Waals surface area (Å²) in [5, 5.41) is 12.9. The quantitative estimate of drug-likeness (QED) is 0.212. The van der Waals surface area contributed by atoms with Crippen molar-refractivity contribution in [1.82, 2.24) is 0 Å². The van der Waals surface area contributed by atoms with Gasteiger partial charge in [0.15, 0.2) is 0 Å². The molecule has 0 aliphatic rings. The van der Waals surface area contributed by atoms with Crippen LogP contribution in [0.25, 0.3) is 6.08 Å². The number of carbonyl (C=O) groups is 1. The fourth-order valence-corrected chi connectivity index (χ4v) is 3.91. The maximum Gasteiger partial charge on any atom is 0.266 e. The van der Waals surface area contributed by atoms with Gasteiger partial charge in [-0.15, -0.1) is 0 Å². The number of hydrogen-bond acceptors (Lipinski definition) is 4. The van der Waals surface area contributed by atoms with Gasteiger partial charge in [0.05, 0.1) is 12.8 Å². The summed E-state index contributed by atoms with van der Waals surface area (Å²) >= 11 is 6.15. The molecule has 1 amide bonds.